The van der Waals surface area contributed by atoms with Gasteiger partial charge in [0.1, 0.15) is 0 Å². The highest BCUT2D eigenvalue weighted by molar-refractivity contribution is 7.98. The van der Waals surface area contributed by atoms with Crippen LogP contribution in [-0.2, 0) is 4.79 Å². The molecule has 1 N–H and O–H groups in total. The SMILES string of the molecule is CSCCCCNCC(=O)N1CCN(C)CC1. The van der Waals surface area contributed by atoms with E-state index in [0.29, 0.717) is 6.54 Å². The molecule has 1 amide bonds. The number of amides is 1. The van der Waals surface area contributed by atoms with Gasteiger partial charge in [-0.3, -0.25) is 4.79 Å². The normalized spacial score (nSPS) is 17.4. The van der Waals surface area contributed by atoms with Crippen molar-refractivity contribution in [3.8, 4) is 0 Å². The lowest BCUT2D eigenvalue weighted by molar-refractivity contribution is -0.131. The van der Waals surface area contributed by atoms with Gasteiger partial charge in [0.05, 0.1) is 6.54 Å². The molecular weight excluding hydrogens is 234 g/mol. The maximum absolute atomic E-state index is 11.8. The molecule has 4 nitrogen and oxygen atoms in total. The van der Waals surface area contributed by atoms with Gasteiger partial charge in [0.2, 0.25) is 5.91 Å². The average Bonchev–Trinajstić information content (AvgIpc) is 2.34. The Morgan fingerprint density at radius 3 is 2.59 bits per heavy atom. The van der Waals surface area contributed by atoms with E-state index in [1.165, 1.54) is 12.2 Å². The van der Waals surface area contributed by atoms with Crippen molar-refractivity contribution in [2.45, 2.75) is 12.8 Å². The molecule has 0 bridgehead atoms. The number of nitrogens with one attached hydrogen (secondary N) is 1. The third-order valence-electron chi connectivity index (χ3n) is 3.08. The smallest absolute Gasteiger partial charge is 0.236 e. The van der Waals surface area contributed by atoms with Crippen LogP contribution < -0.4 is 5.32 Å². The Kier molecular flexibility index (Phi) is 7.64. The minimum Gasteiger partial charge on any atom is -0.339 e. The molecule has 0 unspecified atom stereocenters. The molecule has 1 aliphatic rings. The minimum atomic E-state index is 0.253. The molecule has 0 atom stereocenters. The van der Waals surface area contributed by atoms with Crippen molar-refractivity contribution in [1.29, 1.82) is 0 Å². The number of carbonyl (C=O) groups excluding carboxylic acids is 1. The topological polar surface area (TPSA) is 35.6 Å². The van der Waals surface area contributed by atoms with Gasteiger partial charge in [-0.2, -0.15) is 11.8 Å². The van der Waals surface area contributed by atoms with Crippen LogP contribution in [0.5, 0.6) is 0 Å². The Morgan fingerprint density at radius 2 is 1.94 bits per heavy atom. The van der Waals surface area contributed by atoms with Crippen LogP contribution in [0.25, 0.3) is 0 Å². The highest BCUT2D eigenvalue weighted by Crippen LogP contribution is 2.00. The maximum atomic E-state index is 11.8. The van der Waals surface area contributed by atoms with Crippen molar-refractivity contribution < 1.29 is 4.79 Å². The Labute approximate surface area is 109 Å². The Bertz CT molecular complexity index is 218. The molecule has 1 fully saturated rings. The molecule has 1 aliphatic heterocycles. The van der Waals surface area contributed by atoms with Gasteiger partial charge >= 0.3 is 0 Å². The second-order valence-corrected chi connectivity index (χ2v) is 5.55. The highest BCUT2D eigenvalue weighted by Gasteiger charge is 2.17. The van der Waals surface area contributed by atoms with Crippen molar-refractivity contribution in [3.63, 3.8) is 0 Å². The Hall–Kier alpha value is -0.260. The predicted molar refractivity (Wildman–Crippen MR) is 74.6 cm³/mol. The third-order valence-corrected chi connectivity index (χ3v) is 3.78. The van der Waals surface area contributed by atoms with Crippen molar-refractivity contribution in [2.24, 2.45) is 0 Å². The Morgan fingerprint density at radius 1 is 1.24 bits per heavy atom. The van der Waals surface area contributed by atoms with Crippen molar-refractivity contribution in [2.75, 3.05) is 58.3 Å². The monoisotopic (exact) mass is 259 g/mol. The molecule has 0 aromatic carbocycles. The van der Waals surface area contributed by atoms with Crippen molar-refractivity contribution in [3.05, 3.63) is 0 Å². The minimum absolute atomic E-state index is 0.253. The fourth-order valence-electron chi connectivity index (χ4n) is 1.86. The molecule has 0 spiro atoms. The number of carbonyl (C=O) groups is 1. The van der Waals surface area contributed by atoms with Crippen LogP contribution >= 0.6 is 11.8 Å². The number of hydrogen-bond acceptors (Lipinski definition) is 4. The molecule has 1 heterocycles. The molecule has 5 heteroatoms. The lowest BCUT2D eigenvalue weighted by Crippen LogP contribution is -2.49. The van der Waals surface area contributed by atoms with E-state index in [2.05, 4.69) is 23.5 Å². The standard InChI is InChI=1S/C12H25N3OS/c1-14-6-8-15(9-7-14)12(16)11-13-5-3-4-10-17-2/h13H,3-11H2,1-2H3. The summed E-state index contributed by atoms with van der Waals surface area (Å²) in [4.78, 5) is 16.1. The zero-order chi connectivity index (χ0) is 12.5. The summed E-state index contributed by atoms with van der Waals surface area (Å²) in [5.41, 5.74) is 0. The zero-order valence-electron chi connectivity index (χ0n) is 11.1. The van der Waals surface area contributed by atoms with Crippen LogP contribution in [0.1, 0.15) is 12.8 Å². The second kappa shape index (κ2) is 8.78. The van der Waals surface area contributed by atoms with E-state index in [-0.39, 0.29) is 5.91 Å². The van der Waals surface area contributed by atoms with Crippen LogP contribution in [0.3, 0.4) is 0 Å². The first-order valence-electron chi connectivity index (χ1n) is 6.40. The van der Waals surface area contributed by atoms with E-state index in [4.69, 9.17) is 0 Å². The molecule has 0 saturated carbocycles. The fourth-order valence-corrected chi connectivity index (χ4v) is 2.35. The zero-order valence-corrected chi connectivity index (χ0v) is 11.9. The first-order valence-corrected chi connectivity index (χ1v) is 7.79. The van der Waals surface area contributed by atoms with Crippen LogP contribution in [0, 0.1) is 0 Å². The fraction of sp³-hybridized carbons (Fsp3) is 0.917. The van der Waals surface area contributed by atoms with Crippen LogP contribution in [0.4, 0.5) is 0 Å². The van der Waals surface area contributed by atoms with Crippen LogP contribution in [0.2, 0.25) is 0 Å². The van der Waals surface area contributed by atoms with Crippen LogP contribution in [-0.4, -0.2) is 74.0 Å². The molecule has 0 aromatic heterocycles. The number of unbranched alkanes of at least 4 members (excludes halogenated alkanes) is 1. The number of hydrogen-bond donors (Lipinski definition) is 1. The lowest BCUT2D eigenvalue weighted by Gasteiger charge is -2.32. The summed E-state index contributed by atoms with van der Waals surface area (Å²) in [5.74, 6) is 1.47. The van der Waals surface area contributed by atoms with Gasteiger partial charge in [-0.1, -0.05) is 0 Å². The summed E-state index contributed by atoms with van der Waals surface area (Å²) in [6.45, 7) is 5.22. The van der Waals surface area contributed by atoms with Crippen LogP contribution in [0.15, 0.2) is 0 Å². The number of piperazine rings is 1. The molecular formula is C12H25N3OS. The Balaban J connectivity index is 2.01. The molecule has 0 aromatic rings. The van der Waals surface area contributed by atoms with E-state index in [0.717, 1.165) is 39.1 Å². The quantitative estimate of drug-likeness (QED) is 0.675. The van der Waals surface area contributed by atoms with Gasteiger partial charge in [-0.15, -0.1) is 0 Å². The average molecular weight is 259 g/mol. The van der Waals surface area contributed by atoms with Crippen molar-refractivity contribution >= 4 is 17.7 Å². The molecule has 1 rings (SSSR count). The number of thioether (sulfide) groups is 1. The maximum Gasteiger partial charge on any atom is 0.236 e. The van der Waals surface area contributed by atoms with Gasteiger partial charge in [-0.25, -0.2) is 0 Å². The summed E-state index contributed by atoms with van der Waals surface area (Å²) < 4.78 is 0. The van der Waals surface area contributed by atoms with E-state index < -0.39 is 0 Å². The number of rotatable bonds is 7. The largest absolute Gasteiger partial charge is 0.339 e. The molecule has 0 radical (unpaired) electrons. The summed E-state index contributed by atoms with van der Waals surface area (Å²) in [6.07, 6.45) is 4.53. The first kappa shape index (κ1) is 14.8. The molecule has 1 saturated heterocycles. The van der Waals surface area contributed by atoms with Gasteiger partial charge in [0.15, 0.2) is 0 Å². The van der Waals surface area contributed by atoms with Gasteiger partial charge in [-0.05, 0) is 38.4 Å². The summed E-state index contributed by atoms with van der Waals surface area (Å²) in [7, 11) is 2.10. The first-order chi connectivity index (χ1) is 8.24. The molecule has 0 aliphatic carbocycles. The third kappa shape index (κ3) is 6.29. The van der Waals surface area contributed by atoms with Crippen molar-refractivity contribution in [1.82, 2.24) is 15.1 Å². The molecule has 100 valence electrons. The number of likely N-dealkylation sites (N-methyl/N-ethyl adjacent to an activating group) is 1. The van der Waals surface area contributed by atoms with E-state index in [9.17, 15) is 4.79 Å². The molecule has 17 heavy (non-hydrogen) atoms. The van der Waals surface area contributed by atoms with E-state index in [1.807, 2.05) is 16.7 Å². The van der Waals surface area contributed by atoms with Gasteiger partial charge in [0, 0.05) is 26.2 Å². The summed E-state index contributed by atoms with van der Waals surface area (Å²) in [6, 6.07) is 0. The van der Waals surface area contributed by atoms with Gasteiger partial charge in [0.25, 0.3) is 0 Å². The second-order valence-electron chi connectivity index (χ2n) is 4.56. The lowest BCUT2D eigenvalue weighted by atomic mass is 10.3. The van der Waals surface area contributed by atoms with E-state index >= 15 is 0 Å². The predicted octanol–water partition coefficient (Wildman–Crippen LogP) is 0.493. The highest BCUT2D eigenvalue weighted by atomic mass is 32.2. The van der Waals surface area contributed by atoms with E-state index in [1.54, 1.807) is 0 Å². The number of nitrogens with zero attached hydrogens (tertiary/aromatic N) is 2. The van der Waals surface area contributed by atoms with Gasteiger partial charge < -0.3 is 15.1 Å². The summed E-state index contributed by atoms with van der Waals surface area (Å²) >= 11 is 1.88. The summed E-state index contributed by atoms with van der Waals surface area (Å²) in [5, 5.41) is 3.24.